The molecule has 19 heavy (non-hydrogen) atoms. The van der Waals surface area contributed by atoms with Gasteiger partial charge in [-0.3, -0.25) is 9.78 Å². The minimum absolute atomic E-state index is 0. The van der Waals surface area contributed by atoms with E-state index in [1.54, 1.807) is 12.4 Å². The van der Waals surface area contributed by atoms with E-state index in [0.29, 0.717) is 19.0 Å². The van der Waals surface area contributed by atoms with Crippen molar-refractivity contribution in [1.82, 2.24) is 15.6 Å². The van der Waals surface area contributed by atoms with Crippen LogP contribution in [0.15, 0.2) is 24.5 Å². The van der Waals surface area contributed by atoms with Crippen LogP contribution in [0.5, 0.6) is 0 Å². The van der Waals surface area contributed by atoms with Gasteiger partial charge in [-0.15, -0.1) is 24.8 Å². The molecule has 6 heteroatoms. The molecule has 0 spiro atoms. The van der Waals surface area contributed by atoms with Crippen molar-refractivity contribution >= 4 is 30.7 Å². The van der Waals surface area contributed by atoms with E-state index in [-0.39, 0.29) is 30.7 Å². The number of amides is 1. The third kappa shape index (κ3) is 9.70. The summed E-state index contributed by atoms with van der Waals surface area (Å²) in [5.41, 5.74) is 1.15. The lowest BCUT2D eigenvalue weighted by Gasteiger charge is -2.13. The van der Waals surface area contributed by atoms with Crippen LogP contribution in [-0.4, -0.2) is 30.0 Å². The molecule has 4 nitrogen and oxygen atoms in total. The molecule has 0 aliphatic heterocycles. The molecule has 1 rings (SSSR count). The first-order valence-electron chi connectivity index (χ1n) is 6.11. The van der Waals surface area contributed by atoms with Crippen LogP contribution >= 0.6 is 24.8 Å². The topological polar surface area (TPSA) is 54.0 Å². The van der Waals surface area contributed by atoms with Gasteiger partial charge in [-0.05, 0) is 37.6 Å². The number of aryl methyl sites for hydroxylation is 1. The predicted molar refractivity (Wildman–Crippen MR) is 83.2 cm³/mol. The van der Waals surface area contributed by atoms with Crippen molar-refractivity contribution < 1.29 is 4.79 Å². The van der Waals surface area contributed by atoms with E-state index in [2.05, 4.69) is 29.5 Å². The summed E-state index contributed by atoms with van der Waals surface area (Å²) in [7, 11) is 0. The Labute approximate surface area is 127 Å². The Morgan fingerprint density at radius 1 is 1.32 bits per heavy atom. The van der Waals surface area contributed by atoms with Crippen molar-refractivity contribution in [2.75, 3.05) is 13.1 Å². The Morgan fingerprint density at radius 3 is 2.53 bits per heavy atom. The zero-order chi connectivity index (χ0) is 12.5. The van der Waals surface area contributed by atoms with Gasteiger partial charge in [0.15, 0.2) is 0 Å². The lowest BCUT2D eigenvalue weighted by Crippen LogP contribution is -2.38. The second-order valence-electron chi connectivity index (χ2n) is 4.12. The number of hydrogen-bond acceptors (Lipinski definition) is 3. The van der Waals surface area contributed by atoms with Crippen LogP contribution in [-0.2, 0) is 11.2 Å². The van der Waals surface area contributed by atoms with Crippen LogP contribution in [0.3, 0.4) is 0 Å². The van der Waals surface area contributed by atoms with Gasteiger partial charge in [-0.1, -0.05) is 6.92 Å². The van der Waals surface area contributed by atoms with Crippen LogP contribution in [0, 0.1) is 0 Å². The predicted octanol–water partition coefficient (Wildman–Crippen LogP) is 1.97. The smallest absolute Gasteiger partial charge is 0.220 e. The van der Waals surface area contributed by atoms with Gasteiger partial charge in [0.25, 0.3) is 0 Å². The van der Waals surface area contributed by atoms with E-state index in [1.165, 1.54) is 0 Å². The van der Waals surface area contributed by atoms with Crippen LogP contribution in [0.1, 0.15) is 25.8 Å². The number of carbonyl (C=O) groups is 1. The highest BCUT2D eigenvalue weighted by Gasteiger charge is 2.04. The Balaban J connectivity index is 0. The van der Waals surface area contributed by atoms with Gasteiger partial charge in [0.1, 0.15) is 0 Å². The third-order valence-electron chi connectivity index (χ3n) is 2.55. The molecule has 1 amide bonds. The first kappa shape index (κ1) is 20.5. The summed E-state index contributed by atoms with van der Waals surface area (Å²) < 4.78 is 0. The summed E-state index contributed by atoms with van der Waals surface area (Å²) in [4.78, 5) is 15.5. The average Bonchev–Trinajstić information content (AvgIpc) is 2.35. The number of pyridine rings is 1. The highest BCUT2D eigenvalue weighted by atomic mass is 35.5. The summed E-state index contributed by atoms with van der Waals surface area (Å²) in [6, 6.07) is 4.20. The zero-order valence-electron chi connectivity index (χ0n) is 11.4. The number of nitrogens with zero attached hydrogens (tertiary/aromatic N) is 1. The van der Waals surface area contributed by atoms with E-state index >= 15 is 0 Å². The molecule has 1 aromatic rings. The number of rotatable bonds is 7. The average molecular weight is 308 g/mol. The second-order valence-corrected chi connectivity index (χ2v) is 4.12. The van der Waals surface area contributed by atoms with E-state index in [1.807, 2.05) is 12.1 Å². The monoisotopic (exact) mass is 307 g/mol. The van der Waals surface area contributed by atoms with Crippen molar-refractivity contribution in [3.63, 3.8) is 0 Å². The first-order chi connectivity index (χ1) is 8.22. The number of carbonyl (C=O) groups excluding carboxylic acids is 1. The molecule has 110 valence electrons. The van der Waals surface area contributed by atoms with Gasteiger partial charge in [0.05, 0.1) is 0 Å². The summed E-state index contributed by atoms with van der Waals surface area (Å²) >= 11 is 0. The normalized spacial score (nSPS) is 10.8. The Bertz CT molecular complexity index is 336. The standard InChI is InChI=1S/C13H21N3O.2ClH/c1-3-15-11(2)10-16-13(17)5-4-12-6-8-14-9-7-12;;/h6-9,11,15H,3-5,10H2,1-2H3,(H,16,17);2*1H/t11-;;/m1../s1. The summed E-state index contributed by atoms with van der Waals surface area (Å²) in [5.74, 6) is 0.103. The number of halogens is 2. The van der Waals surface area contributed by atoms with Crippen molar-refractivity contribution in [2.24, 2.45) is 0 Å². The van der Waals surface area contributed by atoms with E-state index in [9.17, 15) is 4.79 Å². The van der Waals surface area contributed by atoms with Crippen LogP contribution in [0.25, 0.3) is 0 Å². The molecule has 2 N–H and O–H groups in total. The highest BCUT2D eigenvalue weighted by molar-refractivity contribution is 5.85. The quantitative estimate of drug-likeness (QED) is 0.810. The Kier molecular flexibility index (Phi) is 13.2. The fourth-order valence-corrected chi connectivity index (χ4v) is 1.58. The minimum atomic E-state index is 0. The van der Waals surface area contributed by atoms with Crippen molar-refractivity contribution in [2.45, 2.75) is 32.7 Å². The van der Waals surface area contributed by atoms with E-state index in [4.69, 9.17) is 0 Å². The molecule has 0 bridgehead atoms. The maximum Gasteiger partial charge on any atom is 0.220 e. The van der Waals surface area contributed by atoms with E-state index < -0.39 is 0 Å². The van der Waals surface area contributed by atoms with Crippen molar-refractivity contribution in [1.29, 1.82) is 0 Å². The molecule has 0 unspecified atom stereocenters. The Hall–Kier alpha value is -0.840. The van der Waals surface area contributed by atoms with Gasteiger partial charge in [-0.2, -0.15) is 0 Å². The number of aromatic nitrogens is 1. The lowest BCUT2D eigenvalue weighted by atomic mass is 10.1. The molecule has 0 saturated carbocycles. The van der Waals surface area contributed by atoms with E-state index in [0.717, 1.165) is 18.5 Å². The summed E-state index contributed by atoms with van der Waals surface area (Å²) in [5, 5.41) is 6.17. The van der Waals surface area contributed by atoms with Gasteiger partial charge in [-0.25, -0.2) is 0 Å². The summed E-state index contributed by atoms with van der Waals surface area (Å²) in [6.45, 7) is 5.73. The molecule has 0 radical (unpaired) electrons. The molecule has 1 heterocycles. The first-order valence-corrected chi connectivity index (χ1v) is 6.11. The SMILES string of the molecule is CCN[C@H](C)CNC(=O)CCc1ccncc1.Cl.Cl. The molecular formula is C13H23Cl2N3O. The third-order valence-corrected chi connectivity index (χ3v) is 2.55. The number of nitrogens with one attached hydrogen (secondary N) is 2. The van der Waals surface area contributed by atoms with Crippen LogP contribution < -0.4 is 10.6 Å². The van der Waals surface area contributed by atoms with Crippen LogP contribution in [0.4, 0.5) is 0 Å². The molecule has 0 aromatic carbocycles. The lowest BCUT2D eigenvalue weighted by molar-refractivity contribution is -0.121. The molecule has 0 saturated heterocycles. The fraction of sp³-hybridized carbons (Fsp3) is 0.538. The highest BCUT2D eigenvalue weighted by Crippen LogP contribution is 2.00. The maximum absolute atomic E-state index is 11.6. The molecular weight excluding hydrogens is 285 g/mol. The van der Waals surface area contributed by atoms with Crippen molar-refractivity contribution in [3.8, 4) is 0 Å². The van der Waals surface area contributed by atoms with Gasteiger partial charge >= 0.3 is 0 Å². The van der Waals surface area contributed by atoms with Crippen molar-refractivity contribution in [3.05, 3.63) is 30.1 Å². The van der Waals surface area contributed by atoms with Crippen LogP contribution in [0.2, 0.25) is 0 Å². The zero-order valence-corrected chi connectivity index (χ0v) is 13.0. The molecule has 0 aliphatic carbocycles. The van der Waals surface area contributed by atoms with Gasteiger partial charge < -0.3 is 10.6 Å². The maximum atomic E-state index is 11.6. The Morgan fingerprint density at radius 2 is 1.95 bits per heavy atom. The van der Waals surface area contributed by atoms with Gasteiger partial charge in [0.2, 0.25) is 5.91 Å². The molecule has 0 fully saturated rings. The molecule has 0 aliphatic rings. The molecule has 1 atom stereocenters. The minimum Gasteiger partial charge on any atom is -0.355 e. The number of likely N-dealkylation sites (N-methyl/N-ethyl adjacent to an activating group) is 1. The van der Waals surface area contributed by atoms with Gasteiger partial charge in [0, 0.05) is 31.4 Å². The summed E-state index contributed by atoms with van der Waals surface area (Å²) in [6.07, 6.45) is 4.80. The molecule has 1 aromatic heterocycles. The number of hydrogen-bond donors (Lipinski definition) is 2. The fourth-order valence-electron chi connectivity index (χ4n) is 1.58. The second kappa shape index (κ2) is 12.2. The largest absolute Gasteiger partial charge is 0.355 e.